The van der Waals surface area contributed by atoms with Gasteiger partial charge in [-0.2, -0.15) is 0 Å². The van der Waals surface area contributed by atoms with Crippen molar-refractivity contribution in [3.05, 3.63) is 165 Å². The average molecular weight is 874 g/mol. The van der Waals surface area contributed by atoms with Crippen LogP contribution in [0, 0.1) is 0 Å². The van der Waals surface area contributed by atoms with Crippen LogP contribution < -0.4 is 20.1 Å². The lowest BCUT2D eigenvalue weighted by molar-refractivity contribution is 0.413. The lowest BCUT2D eigenvalue weighted by atomic mass is 9.85. The predicted molar refractivity (Wildman–Crippen MR) is 243 cm³/mol. The van der Waals surface area contributed by atoms with E-state index in [1.807, 2.05) is 45.5 Å². The number of hydrogen-bond acceptors (Lipinski definition) is 10. The molecule has 0 saturated carbocycles. The van der Waals surface area contributed by atoms with Gasteiger partial charge in [0.05, 0.1) is 37.0 Å². The molecule has 0 bridgehead atoms. The van der Waals surface area contributed by atoms with Crippen LogP contribution in [0.1, 0.15) is 69.8 Å². The van der Waals surface area contributed by atoms with Crippen molar-refractivity contribution >= 4 is 67.5 Å². The van der Waals surface area contributed by atoms with Gasteiger partial charge in [0, 0.05) is 57.5 Å². The Morgan fingerprint density at radius 2 is 1.03 bits per heavy atom. The highest BCUT2D eigenvalue weighted by molar-refractivity contribution is 7.16. The molecule has 0 fully saturated rings. The van der Waals surface area contributed by atoms with Crippen molar-refractivity contribution in [1.82, 2.24) is 29.1 Å². The molecule has 0 unspecified atom stereocenters. The molecule has 4 aromatic heterocycles. The fourth-order valence-electron chi connectivity index (χ4n) is 8.01. The molecule has 0 saturated heterocycles. The molecule has 2 N–H and O–H groups in total. The smallest absolute Gasteiger partial charge is 0.187 e. The van der Waals surface area contributed by atoms with Crippen molar-refractivity contribution in [3.63, 3.8) is 0 Å². The van der Waals surface area contributed by atoms with E-state index in [4.69, 9.17) is 42.6 Å². The molecule has 2 atom stereocenters. The summed E-state index contributed by atoms with van der Waals surface area (Å²) in [5.74, 6) is 2.23. The van der Waals surface area contributed by atoms with Gasteiger partial charge in [-0.25, -0.2) is 19.9 Å². The third-order valence-electron chi connectivity index (χ3n) is 10.8. The quantitative estimate of drug-likeness (QED) is 0.140. The first-order valence-corrected chi connectivity index (χ1v) is 22.2. The maximum absolute atomic E-state index is 5.96. The molecule has 10 rings (SSSR count). The zero-order chi connectivity index (χ0) is 41.0. The molecule has 60 heavy (non-hydrogen) atoms. The summed E-state index contributed by atoms with van der Waals surface area (Å²) in [5.41, 5.74) is 8.76. The van der Waals surface area contributed by atoms with E-state index in [0.29, 0.717) is 22.1 Å². The van der Waals surface area contributed by atoms with Crippen LogP contribution in [0.3, 0.4) is 0 Å². The van der Waals surface area contributed by atoms with Gasteiger partial charge in [-0.1, -0.05) is 83.9 Å². The van der Waals surface area contributed by atoms with Crippen molar-refractivity contribution in [2.75, 3.05) is 24.9 Å². The van der Waals surface area contributed by atoms with Crippen molar-refractivity contribution in [1.29, 1.82) is 0 Å². The van der Waals surface area contributed by atoms with Gasteiger partial charge in [0.1, 0.15) is 34.5 Å². The van der Waals surface area contributed by atoms with Gasteiger partial charge in [-0.15, -0.1) is 22.7 Å². The molecule has 2 aliphatic carbocycles. The van der Waals surface area contributed by atoms with Crippen LogP contribution in [0.25, 0.3) is 11.4 Å². The second-order valence-corrected chi connectivity index (χ2v) is 17.5. The van der Waals surface area contributed by atoms with E-state index in [9.17, 15) is 0 Å². The Bertz CT molecular complexity index is 2530. The van der Waals surface area contributed by atoms with Gasteiger partial charge in [0.25, 0.3) is 0 Å². The summed E-state index contributed by atoms with van der Waals surface area (Å²) in [6.07, 6.45) is 13.7. The molecule has 4 heterocycles. The predicted octanol–water partition coefficient (Wildman–Crippen LogP) is 12.4. The Balaban J connectivity index is 0.000000154. The third kappa shape index (κ3) is 8.64. The van der Waals surface area contributed by atoms with Crippen LogP contribution in [0.4, 0.5) is 21.6 Å². The summed E-state index contributed by atoms with van der Waals surface area (Å²) < 4.78 is 14.9. The monoisotopic (exact) mass is 872 g/mol. The molecule has 304 valence electrons. The van der Waals surface area contributed by atoms with E-state index in [2.05, 4.69) is 81.3 Å². The summed E-state index contributed by atoms with van der Waals surface area (Å²) in [6, 6.07) is 33.3. The zero-order valence-electron chi connectivity index (χ0n) is 33.0. The Hall–Kier alpha value is -5.66. The number of aryl methyl sites for hydroxylation is 2. The van der Waals surface area contributed by atoms with Gasteiger partial charge in [-0.3, -0.25) is 0 Å². The molecule has 0 amide bonds. The molecule has 10 nitrogen and oxygen atoms in total. The van der Waals surface area contributed by atoms with E-state index < -0.39 is 0 Å². The molecule has 0 radical (unpaired) electrons. The fraction of sp³-hybridized carbons (Fsp3) is 0.217. The number of fused-ring (bicyclic) bond motifs is 2. The number of ether oxygens (including phenoxy) is 2. The van der Waals surface area contributed by atoms with Crippen LogP contribution in [0.5, 0.6) is 11.5 Å². The third-order valence-corrected chi connectivity index (χ3v) is 13.3. The highest BCUT2D eigenvalue weighted by atomic mass is 35.5. The second kappa shape index (κ2) is 17.9. The van der Waals surface area contributed by atoms with Gasteiger partial charge in [0.15, 0.2) is 10.3 Å². The van der Waals surface area contributed by atoms with Gasteiger partial charge < -0.3 is 29.2 Å². The van der Waals surface area contributed by atoms with E-state index in [-0.39, 0.29) is 0 Å². The number of nitrogens with one attached hydrogen (secondary N) is 2. The van der Waals surface area contributed by atoms with Gasteiger partial charge >= 0.3 is 0 Å². The number of rotatable bonds is 10. The van der Waals surface area contributed by atoms with Crippen molar-refractivity contribution in [2.45, 2.75) is 50.4 Å². The number of nitrogens with zero attached hydrogens (tertiary/aromatic N) is 6. The molecular weight excluding hydrogens is 832 g/mol. The number of halogens is 2. The normalized spacial score (nSPS) is 15.6. The number of imidazole rings is 2. The average Bonchev–Trinajstić information content (AvgIpc) is 4.11. The minimum absolute atomic E-state index is 0.379. The zero-order valence-corrected chi connectivity index (χ0v) is 36.2. The summed E-state index contributed by atoms with van der Waals surface area (Å²) in [6.45, 7) is 0. The number of methoxy groups -OCH3 is 2. The van der Waals surface area contributed by atoms with Gasteiger partial charge in [0.2, 0.25) is 0 Å². The van der Waals surface area contributed by atoms with Crippen molar-refractivity contribution < 1.29 is 9.47 Å². The molecule has 2 aliphatic rings. The second-order valence-electron chi connectivity index (χ2n) is 14.6. The van der Waals surface area contributed by atoms with Crippen LogP contribution >= 0.6 is 45.9 Å². The summed E-state index contributed by atoms with van der Waals surface area (Å²) >= 11 is 15.4. The summed E-state index contributed by atoms with van der Waals surface area (Å²) in [5, 5.41) is 9.67. The summed E-state index contributed by atoms with van der Waals surface area (Å²) in [7, 11) is 3.32. The first kappa shape index (κ1) is 39.8. The number of benzene rings is 4. The largest absolute Gasteiger partial charge is 0.494 e. The Kier molecular flexibility index (Phi) is 11.9. The van der Waals surface area contributed by atoms with Crippen molar-refractivity contribution in [3.8, 4) is 22.9 Å². The standard InChI is InChI=1S/2C23H21ClN4OS/c2*1-29-19-12-16(10-11-18(19)28-13-21(24)25-14-28)26-23-27-22-17(8-5-9-20(22)30-23)15-6-3-2-4-7-15/h2*2-4,6-7,10-14,17H,5,8-9H2,1H3,(H,26,27)/t2*17-/m10/s1. The van der Waals surface area contributed by atoms with E-state index in [1.54, 1.807) is 61.9 Å². The van der Waals surface area contributed by atoms with Crippen LogP contribution in [-0.4, -0.2) is 43.3 Å². The van der Waals surface area contributed by atoms with E-state index >= 15 is 0 Å². The SMILES string of the molecule is COc1cc(Nc2nc3c(s2)CCC[C@@H]3c2ccccc2)ccc1-n1cnc(Cl)c1.COc1cc(Nc2nc3c(s2)CCC[C@H]3c2ccccc2)ccc1-n1cnc(Cl)c1. The van der Waals surface area contributed by atoms with Crippen LogP contribution in [0.15, 0.2) is 122 Å². The minimum Gasteiger partial charge on any atom is -0.494 e. The van der Waals surface area contributed by atoms with E-state index in [1.165, 1.54) is 45.1 Å². The van der Waals surface area contributed by atoms with Crippen LogP contribution in [-0.2, 0) is 12.8 Å². The molecule has 0 spiro atoms. The van der Waals surface area contributed by atoms with Gasteiger partial charge in [-0.05, 0) is 73.9 Å². The minimum atomic E-state index is 0.379. The summed E-state index contributed by atoms with van der Waals surface area (Å²) in [4.78, 5) is 20.9. The van der Waals surface area contributed by atoms with Crippen LogP contribution in [0.2, 0.25) is 10.3 Å². The molecule has 14 heteroatoms. The number of anilines is 4. The Labute approximate surface area is 366 Å². The number of aromatic nitrogens is 6. The number of hydrogen-bond donors (Lipinski definition) is 2. The number of thiazole rings is 2. The highest BCUT2D eigenvalue weighted by Gasteiger charge is 2.27. The first-order chi connectivity index (χ1) is 29.4. The highest BCUT2D eigenvalue weighted by Crippen LogP contribution is 2.43. The lowest BCUT2D eigenvalue weighted by Crippen LogP contribution is -2.09. The lowest BCUT2D eigenvalue weighted by Gasteiger charge is -2.21. The molecule has 0 aliphatic heterocycles. The Morgan fingerprint density at radius 3 is 1.42 bits per heavy atom. The maximum Gasteiger partial charge on any atom is 0.187 e. The van der Waals surface area contributed by atoms with E-state index in [0.717, 1.165) is 70.2 Å². The molecular formula is C46H42Cl2N8O2S2. The molecule has 4 aromatic carbocycles. The van der Waals surface area contributed by atoms with Crippen molar-refractivity contribution in [2.24, 2.45) is 0 Å². The topological polar surface area (TPSA) is 104 Å². The first-order valence-electron chi connectivity index (χ1n) is 19.8. The Morgan fingerprint density at radius 1 is 0.600 bits per heavy atom. The fourth-order valence-corrected chi connectivity index (χ4v) is 10.5. The molecule has 8 aromatic rings. The maximum atomic E-state index is 5.96.